The van der Waals surface area contributed by atoms with E-state index in [-0.39, 0.29) is 29.8 Å². The van der Waals surface area contributed by atoms with Gasteiger partial charge in [0.25, 0.3) is 0 Å². The number of hydrogen-bond acceptors (Lipinski definition) is 6. The van der Waals surface area contributed by atoms with Gasteiger partial charge in [-0.1, -0.05) is 103 Å². The zero-order valence-electron chi connectivity index (χ0n) is 24.0. The molecule has 0 fully saturated rings. The van der Waals surface area contributed by atoms with Crippen LogP contribution in [0.25, 0.3) is 22.3 Å². The van der Waals surface area contributed by atoms with E-state index in [0.717, 1.165) is 34.4 Å². The van der Waals surface area contributed by atoms with Crippen molar-refractivity contribution < 1.29 is 23.4 Å². The Hall–Kier alpha value is -5.49. The molecule has 7 rings (SSSR count). The third kappa shape index (κ3) is 5.88. The van der Waals surface area contributed by atoms with Crippen LogP contribution in [0.5, 0.6) is 23.0 Å². The van der Waals surface area contributed by atoms with Gasteiger partial charge in [-0.05, 0) is 28.3 Å². The molecule has 1 aliphatic rings. The van der Waals surface area contributed by atoms with Crippen LogP contribution in [0.2, 0.25) is 0 Å². The first-order valence-corrected chi connectivity index (χ1v) is 14.6. The first kappa shape index (κ1) is 27.3. The van der Waals surface area contributed by atoms with Crippen LogP contribution in [0.15, 0.2) is 131 Å². The van der Waals surface area contributed by atoms with Gasteiger partial charge in [-0.25, -0.2) is 0 Å². The van der Waals surface area contributed by atoms with Gasteiger partial charge >= 0.3 is 0 Å². The monoisotopic (exact) mass is 582 g/mol. The average molecular weight is 583 g/mol. The predicted octanol–water partition coefficient (Wildman–Crippen LogP) is 8.13. The standard InChI is InChI=1S/C38H30O6/c39-36-35-33(42-24-27-12-6-2-7-13-27)21-31(41-23-26-10-4-1-5-11-26)22-34(35)44-37(30-17-16-29-18-19-40-32(29)20-30)38(36)43-25-28-14-8-3-9-15-28/h1-17,20-22H,18-19,23-25H2. The van der Waals surface area contributed by atoms with E-state index in [1.54, 1.807) is 12.1 Å². The summed E-state index contributed by atoms with van der Waals surface area (Å²) in [5, 5.41) is 0.289. The van der Waals surface area contributed by atoms with Gasteiger partial charge in [-0.3, -0.25) is 4.79 Å². The highest BCUT2D eigenvalue weighted by Crippen LogP contribution is 2.39. The van der Waals surface area contributed by atoms with E-state index in [2.05, 4.69) is 0 Å². The van der Waals surface area contributed by atoms with E-state index in [1.807, 2.05) is 109 Å². The number of rotatable bonds is 10. The molecular weight excluding hydrogens is 552 g/mol. The van der Waals surface area contributed by atoms with Gasteiger partial charge in [0, 0.05) is 24.1 Å². The Labute approximate surface area is 255 Å². The molecule has 1 aliphatic heterocycles. The Morgan fingerprint density at radius 1 is 0.636 bits per heavy atom. The van der Waals surface area contributed by atoms with Gasteiger partial charge < -0.3 is 23.4 Å². The highest BCUT2D eigenvalue weighted by Gasteiger charge is 2.24. The molecule has 0 saturated heterocycles. The van der Waals surface area contributed by atoms with Gasteiger partial charge in [-0.15, -0.1) is 0 Å². The van der Waals surface area contributed by atoms with E-state index in [0.29, 0.717) is 41.6 Å². The van der Waals surface area contributed by atoms with Crippen LogP contribution in [0.3, 0.4) is 0 Å². The average Bonchev–Trinajstić information content (AvgIpc) is 3.55. The van der Waals surface area contributed by atoms with Crippen molar-refractivity contribution in [3.63, 3.8) is 0 Å². The first-order chi connectivity index (χ1) is 21.7. The van der Waals surface area contributed by atoms with Crippen molar-refractivity contribution in [3.05, 3.63) is 154 Å². The summed E-state index contributed by atoms with van der Waals surface area (Å²) in [4.78, 5) is 14.4. The number of hydrogen-bond donors (Lipinski definition) is 0. The lowest BCUT2D eigenvalue weighted by molar-refractivity contribution is 0.288. The first-order valence-electron chi connectivity index (χ1n) is 14.6. The van der Waals surface area contributed by atoms with Gasteiger partial charge in [0.1, 0.15) is 48.0 Å². The van der Waals surface area contributed by atoms with Crippen molar-refractivity contribution >= 4 is 11.0 Å². The third-order valence-electron chi connectivity index (χ3n) is 7.56. The molecule has 2 heterocycles. The molecule has 0 bridgehead atoms. The molecule has 0 radical (unpaired) electrons. The maximum absolute atomic E-state index is 14.4. The minimum absolute atomic E-state index is 0.113. The maximum atomic E-state index is 14.4. The van der Waals surface area contributed by atoms with Crippen molar-refractivity contribution in [2.24, 2.45) is 0 Å². The Morgan fingerprint density at radius 2 is 1.25 bits per heavy atom. The van der Waals surface area contributed by atoms with Crippen molar-refractivity contribution in [2.75, 3.05) is 6.61 Å². The van der Waals surface area contributed by atoms with Crippen LogP contribution < -0.4 is 24.4 Å². The van der Waals surface area contributed by atoms with Crippen molar-refractivity contribution in [1.82, 2.24) is 0 Å². The van der Waals surface area contributed by atoms with Crippen LogP contribution in [-0.2, 0) is 26.2 Å². The van der Waals surface area contributed by atoms with Crippen LogP contribution in [0.1, 0.15) is 22.3 Å². The molecule has 0 N–H and O–H groups in total. The van der Waals surface area contributed by atoms with Crippen LogP contribution >= 0.6 is 0 Å². The molecule has 0 saturated carbocycles. The van der Waals surface area contributed by atoms with Gasteiger partial charge in [0.15, 0.2) is 5.76 Å². The molecular formula is C38H30O6. The quantitative estimate of drug-likeness (QED) is 0.162. The summed E-state index contributed by atoms with van der Waals surface area (Å²) in [5.74, 6) is 2.10. The minimum atomic E-state index is -0.323. The lowest BCUT2D eigenvalue weighted by Gasteiger charge is -2.16. The topological polar surface area (TPSA) is 67.1 Å². The fraction of sp³-hybridized carbons (Fsp3) is 0.132. The molecule has 1 aromatic heterocycles. The smallest absolute Gasteiger partial charge is 0.239 e. The zero-order valence-corrected chi connectivity index (χ0v) is 24.0. The minimum Gasteiger partial charge on any atom is -0.493 e. The SMILES string of the molecule is O=c1c(OCc2ccccc2)c(-c2ccc3c(c2)OCC3)oc2cc(OCc3ccccc3)cc(OCc3ccccc3)c12. The van der Waals surface area contributed by atoms with Crippen LogP contribution in [0.4, 0.5) is 0 Å². The fourth-order valence-corrected chi connectivity index (χ4v) is 5.27. The van der Waals surface area contributed by atoms with E-state index in [1.165, 1.54) is 0 Å². The molecule has 6 aromatic rings. The molecule has 218 valence electrons. The summed E-state index contributed by atoms with van der Waals surface area (Å²) >= 11 is 0. The lowest BCUT2D eigenvalue weighted by atomic mass is 10.1. The second-order valence-electron chi connectivity index (χ2n) is 10.6. The summed E-state index contributed by atoms with van der Waals surface area (Å²) in [5.41, 5.74) is 4.75. The summed E-state index contributed by atoms with van der Waals surface area (Å²) in [6, 6.07) is 38.8. The largest absolute Gasteiger partial charge is 0.493 e. The van der Waals surface area contributed by atoms with Crippen LogP contribution in [0, 0.1) is 0 Å². The highest BCUT2D eigenvalue weighted by atomic mass is 16.5. The molecule has 0 amide bonds. The Morgan fingerprint density at radius 3 is 1.91 bits per heavy atom. The Kier molecular flexibility index (Phi) is 7.71. The summed E-state index contributed by atoms with van der Waals surface area (Å²) in [6.45, 7) is 1.44. The highest BCUT2D eigenvalue weighted by molar-refractivity contribution is 5.88. The number of fused-ring (bicyclic) bond motifs is 2. The maximum Gasteiger partial charge on any atom is 0.239 e. The molecule has 0 unspecified atom stereocenters. The van der Waals surface area contributed by atoms with Crippen molar-refractivity contribution in [2.45, 2.75) is 26.2 Å². The van der Waals surface area contributed by atoms with Gasteiger partial charge in [0.05, 0.1) is 6.61 Å². The molecule has 0 aliphatic carbocycles. The zero-order chi connectivity index (χ0) is 29.7. The molecule has 6 heteroatoms. The second kappa shape index (κ2) is 12.4. The van der Waals surface area contributed by atoms with Crippen LogP contribution in [-0.4, -0.2) is 6.61 Å². The number of ether oxygens (including phenoxy) is 4. The number of benzene rings is 5. The summed E-state index contributed by atoms with van der Waals surface area (Å²) in [6.07, 6.45) is 0.846. The molecule has 0 spiro atoms. The Bertz CT molecular complexity index is 1950. The van der Waals surface area contributed by atoms with Crippen molar-refractivity contribution in [3.8, 4) is 34.3 Å². The second-order valence-corrected chi connectivity index (χ2v) is 10.6. The Balaban J connectivity index is 1.35. The van der Waals surface area contributed by atoms with Gasteiger partial charge in [0.2, 0.25) is 11.2 Å². The summed E-state index contributed by atoms with van der Waals surface area (Å²) < 4.78 is 31.1. The normalized spacial score (nSPS) is 12.0. The molecule has 0 atom stereocenters. The third-order valence-corrected chi connectivity index (χ3v) is 7.56. The fourth-order valence-electron chi connectivity index (χ4n) is 5.27. The van der Waals surface area contributed by atoms with E-state index in [9.17, 15) is 4.79 Å². The van der Waals surface area contributed by atoms with Crippen molar-refractivity contribution in [1.29, 1.82) is 0 Å². The predicted molar refractivity (Wildman–Crippen MR) is 169 cm³/mol. The van der Waals surface area contributed by atoms with Gasteiger partial charge in [-0.2, -0.15) is 0 Å². The van der Waals surface area contributed by atoms with E-state index in [4.69, 9.17) is 23.4 Å². The van der Waals surface area contributed by atoms with E-state index >= 15 is 0 Å². The molecule has 44 heavy (non-hydrogen) atoms. The molecule has 6 nitrogen and oxygen atoms in total. The molecule has 5 aromatic carbocycles. The van der Waals surface area contributed by atoms with E-state index < -0.39 is 0 Å². The lowest BCUT2D eigenvalue weighted by Crippen LogP contribution is -2.12. The summed E-state index contributed by atoms with van der Waals surface area (Å²) in [7, 11) is 0.